The van der Waals surface area contributed by atoms with E-state index in [1.54, 1.807) is 10.6 Å². The topological polar surface area (TPSA) is 78.6 Å². The minimum Gasteiger partial charge on any atom is -0.491 e. The van der Waals surface area contributed by atoms with Gasteiger partial charge in [-0.3, -0.25) is 14.2 Å². The summed E-state index contributed by atoms with van der Waals surface area (Å²) in [5.74, 6) is 0.829. The van der Waals surface area contributed by atoms with Gasteiger partial charge in [0.1, 0.15) is 11.6 Å². The highest BCUT2D eigenvalue weighted by Crippen LogP contribution is 2.33. The first-order valence-electron chi connectivity index (χ1n) is 8.54. The summed E-state index contributed by atoms with van der Waals surface area (Å²) in [4.78, 5) is 29.2. The van der Waals surface area contributed by atoms with Crippen LogP contribution >= 0.6 is 23.2 Å². The zero-order chi connectivity index (χ0) is 19.6. The Kier molecular flexibility index (Phi) is 6.08. The molecule has 0 bridgehead atoms. The SMILES string of the molecule is CON(C)C(=O)CCOc1cc(-n2nc3n(c2=O)CCCC3)c(Cl)cc1Cl. The van der Waals surface area contributed by atoms with Crippen molar-refractivity contribution in [3.8, 4) is 11.4 Å². The number of amides is 1. The molecule has 0 aliphatic carbocycles. The number of ether oxygens (including phenoxy) is 1. The molecule has 0 spiro atoms. The molecule has 0 atom stereocenters. The lowest BCUT2D eigenvalue weighted by Crippen LogP contribution is -2.27. The van der Waals surface area contributed by atoms with Crippen LogP contribution in [0.25, 0.3) is 5.69 Å². The molecular formula is C17H20Cl2N4O4. The van der Waals surface area contributed by atoms with Crippen LogP contribution in [0.5, 0.6) is 5.75 Å². The summed E-state index contributed by atoms with van der Waals surface area (Å²) in [5, 5.41) is 6.10. The summed E-state index contributed by atoms with van der Waals surface area (Å²) in [5.41, 5.74) is 0.153. The second kappa shape index (κ2) is 8.33. The van der Waals surface area contributed by atoms with E-state index in [0.717, 1.165) is 30.2 Å². The molecule has 2 heterocycles. The van der Waals surface area contributed by atoms with E-state index in [0.29, 0.717) is 23.0 Å². The number of carbonyl (C=O) groups excluding carboxylic acids is 1. The van der Waals surface area contributed by atoms with Gasteiger partial charge in [0.25, 0.3) is 0 Å². The molecule has 0 fully saturated rings. The van der Waals surface area contributed by atoms with Crippen LogP contribution in [0.1, 0.15) is 25.1 Å². The maximum Gasteiger partial charge on any atom is 0.350 e. The first-order valence-corrected chi connectivity index (χ1v) is 9.29. The number of hydroxylamine groups is 2. The van der Waals surface area contributed by atoms with Crippen LogP contribution in [0.15, 0.2) is 16.9 Å². The van der Waals surface area contributed by atoms with E-state index in [9.17, 15) is 9.59 Å². The number of benzene rings is 1. The molecule has 0 N–H and O–H groups in total. The fourth-order valence-corrected chi connectivity index (χ4v) is 3.37. The molecule has 2 aromatic rings. The van der Waals surface area contributed by atoms with Crippen molar-refractivity contribution in [2.24, 2.45) is 0 Å². The van der Waals surface area contributed by atoms with Gasteiger partial charge in [0, 0.05) is 26.1 Å². The molecule has 27 heavy (non-hydrogen) atoms. The summed E-state index contributed by atoms with van der Waals surface area (Å²) in [6.07, 6.45) is 2.82. The number of fused-ring (bicyclic) bond motifs is 1. The quantitative estimate of drug-likeness (QED) is 0.678. The van der Waals surface area contributed by atoms with Gasteiger partial charge in [-0.25, -0.2) is 9.86 Å². The average molecular weight is 415 g/mol. The zero-order valence-electron chi connectivity index (χ0n) is 15.1. The molecule has 8 nitrogen and oxygen atoms in total. The Morgan fingerprint density at radius 2 is 2.07 bits per heavy atom. The normalized spacial score (nSPS) is 13.3. The predicted molar refractivity (Wildman–Crippen MR) is 101 cm³/mol. The summed E-state index contributed by atoms with van der Waals surface area (Å²) in [6, 6.07) is 3.07. The third-order valence-electron chi connectivity index (χ3n) is 4.40. The monoisotopic (exact) mass is 414 g/mol. The average Bonchev–Trinajstić information content (AvgIpc) is 2.99. The predicted octanol–water partition coefficient (Wildman–Crippen LogP) is 2.47. The lowest BCUT2D eigenvalue weighted by Gasteiger charge is -2.14. The Bertz CT molecular complexity index is 909. The van der Waals surface area contributed by atoms with Crippen LogP contribution in [0.2, 0.25) is 10.0 Å². The number of nitrogens with zero attached hydrogens (tertiary/aromatic N) is 4. The largest absolute Gasteiger partial charge is 0.491 e. The van der Waals surface area contributed by atoms with Gasteiger partial charge in [0.05, 0.1) is 35.9 Å². The molecule has 0 saturated heterocycles. The number of carbonyl (C=O) groups is 1. The van der Waals surface area contributed by atoms with Crippen LogP contribution in [0.3, 0.4) is 0 Å². The van der Waals surface area contributed by atoms with Gasteiger partial charge < -0.3 is 4.74 Å². The van der Waals surface area contributed by atoms with E-state index in [4.69, 9.17) is 32.8 Å². The van der Waals surface area contributed by atoms with E-state index in [1.165, 1.54) is 24.9 Å². The molecule has 1 aliphatic heterocycles. The Balaban J connectivity index is 1.84. The first kappa shape index (κ1) is 19.7. The molecule has 1 aromatic heterocycles. The molecule has 1 amide bonds. The Labute approximate surface area is 166 Å². The summed E-state index contributed by atoms with van der Waals surface area (Å²) in [7, 11) is 2.92. The van der Waals surface area contributed by atoms with Gasteiger partial charge in [0.2, 0.25) is 5.91 Å². The molecule has 0 saturated carbocycles. The van der Waals surface area contributed by atoms with Crippen molar-refractivity contribution in [3.05, 3.63) is 38.5 Å². The Hall–Kier alpha value is -2.03. The lowest BCUT2D eigenvalue weighted by atomic mass is 10.2. The summed E-state index contributed by atoms with van der Waals surface area (Å²) in [6.45, 7) is 0.750. The number of rotatable bonds is 6. The molecular weight excluding hydrogens is 395 g/mol. The third kappa shape index (κ3) is 4.12. The smallest absolute Gasteiger partial charge is 0.350 e. The first-order chi connectivity index (χ1) is 12.9. The molecule has 10 heteroatoms. The number of halogens is 2. The van der Waals surface area contributed by atoms with Crippen molar-refractivity contribution < 1.29 is 14.4 Å². The molecule has 1 aromatic carbocycles. The van der Waals surface area contributed by atoms with Gasteiger partial charge in [-0.15, -0.1) is 5.10 Å². The molecule has 1 aliphatic rings. The van der Waals surface area contributed by atoms with Gasteiger partial charge >= 0.3 is 5.69 Å². The van der Waals surface area contributed by atoms with Crippen molar-refractivity contribution >= 4 is 29.1 Å². The number of aryl methyl sites for hydroxylation is 1. The lowest BCUT2D eigenvalue weighted by molar-refractivity contribution is -0.169. The summed E-state index contributed by atoms with van der Waals surface area (Å²) >= 11 is 12.5. The second-order valence-corrected chi connectivity index (χ2v) is 6.94. The van der Waals surface area contributed by atoms with Gasteiger partial charge in [-0.2, -0.15) is 4.68 Å². The van der Waals surface area contributed by atoms with Crippen molar-refractivity contribution in [2.45, 2.75) is 32.2 Å². The Morgan fingerprint density at radius 3 is 2.78 bits per heavy atom. The van der Waals surface area contributed by atoms with E-state index >= 15 is 0 Å². The van der Waals surface area contributed by atoms with Crippen molar-refractivity contribution in [1.29, 1.82) is 0 Å². The fourth-order valence-electron chi connectivity index (χ4n) is 2.86. The number of hydrogen-bond donors (Lipinski definition) is 0. The van der Waals surface area contributed by atoms with E-state index < -0.39 is 0 Å². The molecule has 146 valence electrons. The number of aromatic nitrogens is 3. The third-order valence-corrected chi connectivity index (χ3v) is 5.00. The van der Waals surface area contributed by atoms with Crippen LogP contribution in [0, 0.1) is 0 Å². The summed E-state index contributed by atoms with van der Waals surface area (Å²) < 4.78 is 8.55. The Morgan fingerprint density at radius 1 is 1.30 bits per heavy atom. The molecule has 0 unspecified atom stereocenters. The molecule has 0 radical (unpaired) electrons. The van der Waals surface area contributed by atoms with Crippen LogP contribution in [0.4, 0.5) is 0 Å². The van der Waals surface area contributed by atoms with Gasteiger partial charge in [-0.1, -0.05) is 23.2 Å². The maximum absolute atomic E-state index is 12.6. The van der Waals surface area contributed by atoms with Crippen molar-refractivity contribution in [1.82, 2.24) is 19.4 Å². The van der Waals surface area contributed by atoms with E-state index in [2.05, 4.69) is 5.10 Å². The van der Waals surface area contributed by atoms with Crippen LogP contribution in [-0.2, 0) is 22.6 Å². The van der Waals surface area contributed by atoms with Crippen LogP contribution < -0.4 is 10.4 Å². The molecule has 3 rings (SSSR count). The van der Waals surface area contributed by atoms with Gasteiger partial charge in [-0.05, 0) is 18.9 Å². The van der Waals surface area contributed by atoms with Gasteiger partial charge in [0.15, 0.2) is 0 Å². The van der Waals surface area contributed by atoms with Crippen LogP contribution in [-0.4, -0.2) is 46.1 Å². The minimum atomic E-state index is -0.239. The highest BCUT2D eigenvalue weighted by molar-refractivity contribution is 6.36. The van der Waals surface area contributed by atoms with Crippen molar-refractivity contribution in [2.75, 3.05) is 20.8 Å². The zero-order valence-corrected chi connectivity index (χ0v) is 16.6. The minimum absolute atomic E-state index is 0.0991. The fraction of sp³-hybridized carbons (Fsp3) is 0.471. The highest BCUT2D eigenvalue weighted by Gasteiger charge is 2.20. The highest BCUT2D eigenvalue weighted by atomic mass is 35.5. The van der Waals surface area contributed by atoms with Crippen molar-refractivity contribution in [3.63, 3.8) is 0 Å². The van der Waals surface area contributed by atoms with E-state index in [1.807, 2.05) is 0 Å². The standard InChI is InChI=1S/C17H20Cl2N4O4/c1-21(26-2)16(24)6-8-27-14-10-13(11(18)9-12(14)19)23-17(25)22-7-4-3-5-15(22)20-23/h9-10H,3-8H2,1-2H3. The maximum atomic E-state index is 12.6. The van der Waals surface area contributed by atoms with E-state index in [-0.39, 0.29) is 29.6 Å². The number of hydrogen-bond acceptors (Lipinski definition) is 5. The second-order valence-electron chi connectivity index (χ2n) is 6.13.